The van der Waals surface area contributed by atoms with E-state index >= 15 is 0 Å². The zero-order chi connectivity index (χ0) is 15.4. The molecule has 8 heteroatoms. The van der Waals surface area contributed by atoms with Gasteiger partial charge in [0.05, 0.1) is 28.4 Å². The Kier molecular flexibility index (Phi) is 5.17. The molecule has 5 nitrogen and oxygen atoms in total. The van der Waals surface area contributed by atoms with Crippen LogP contribution in [0.25, 0.3) is 0 Å². The molecule has 2 aromatic rings. The Morgan fingerprint density at radius 3 is 2.95 bits per heavy atom. The molecule has 1 aromatic carbocycles. The number of phenols is 1. The first-order chi connectivity index (χ1) is 9.95. The SMILES string of the molecule is Cc1nc(CC(=O)N/N=C/c2cc(Cl)cc(Cl)c2O)cs1. The monoisotopic (exact) mass is 343 g/mol. The van der Waals surface area contributed by atoms with Crippen LogP contribution in [0.4, 0.5) is 0 Å². The summed E-state index contributed by atoms with van der Waals surface area (Å²) in [6.07, 6.45) is 1.42. The number of nitrogens with zero attached hydrogens (tertiary/aromatic N) is 2. The maximum absolute atomic E-state index is 11.7. The quantitative estimate of drug-likeness (QED) is 0.661. The van der Waals surface area contributed by atoms with Gasteiger partial charge in [-0.25, -0.2) is 10.4 Å². The van der Waals surface area contributed by atoms with Gasteiger partial charge in [0.1, 0.15) is 5.75 Å². The number of halogens is 2. The van der Waals surface area contributed by atoms with Crippen molar-refractivity contribution in [1.82, 2.24) is 10.4 Å². The summed E-state index contributed by atoms with van der Waals surface area (Å²) in [5.74, 6) is -0.446. The predicted molar refractivity (Wildman–Crippen MR) is 84.4 cm³/mol. The second-order valence-electron chi connectivity index (χ2n) is 4.15. The van der Waals surface area contributed by atoms with E-state index in [1.54, 1.807) is 0 Å². The minimum Gasteiger partial charge on any atom is -0.506 e. The number of amides is 1. The third-order valence-corrected chi connectivity index (χ3v) is 3.79. The molecule has 1 amide bonds. The van der Waals surface area contributed by atoms with E-state index in [4.69, 9.17) is 23.2 Å². The van der Waals surface area contributed by atoms with Crippen LogP contribution >= 0.6 is 34.5 Å². The maximum Gasteiger partial charge on any atom is 0.246 e. The Morgan fingerprint density at radius 2 is 2.29 bits per heavy atom. The number of carbonyl (C=O) groups is 1. The van der Waals surface area contributed by atoms with Crippen LogP contribution in [0.1, 0.15) is 16.3 Å². The van der Waals surface area contributed by atoms with Gasteiger partial charge in [0, 0.05) is 16.0 Å². The van der Waals surface area contributed by atoms with Gasteiger partial charge in [-0.3, -0.25) is 4.79 Å². The minimum absolute atomic E-state index is 0.119. The predicted octanol–water partition coefficient (Wildman–Crippen LogP) is 3.16. The van der Waals surface area contributed by atoms with Gasteiger partial charge in [-0.2, -0.15) is 5.10 Å². The molecular formula is C13H11Cl2N3O2S. The van der Waals surface area contributed by atoms with Gasteiger partial charge in [-0.05, 0) is 19.1 Å². The first-order valence-electron chi connectivity index (χ1n) is 5.86. The van der Waals surface area contributed by atoms with Crippen molar-refractivity contribution in [3.63, 3.8) is 0 Å². The zero-order valence-electron chi connectivity index (χ0n) is 10.9. The second-order valence-corrected chi connectivity index (χ2v) is 6.06. The van der Waals surface area contributed by atoms with Crippen LogP contribution in [0.3, 0.4) is 0 Å². The smallest absolute Gasteiger partial charge is 0.246 e. The highest BCUT2D eigenvalue weighted by atomic mass is 35.5. The van der Waals surface area contributed by atoms with Crippen LogP contribution in [-0.2, 0) is 11.2 Å². The van der Waals surface area contributed by atoms with Gasteiger partial charge in [0.25, 0.3) is 0 Å². The van der Waals surface area contributed by atoms with Gasteiger partial charge >= 0.3 is 0 Å². The van der Waals surface area contributed by atoms with E-state index < -0.39 is 0 Å². The maximum atomic E-state index is 11.7. The molecule has 0 atom stereocenters. The van der Waals surface area contributed by atoms with Gasteiger partial charge < -0.3 is 5.11 Å². The summed E-state index contributed by atoms with van der Waals surface area (Å²) < 4.78 is 0. The van der Waals surface area contributed by atoms with E-state index in [0.717, 1.165) is 5.01 Å². The third kappa shape index (κ3) is 4.42. The van der Waals surface area contributed by atoms with Gasteiger partial charge in [0.15, 0.2) is 0 Å². The summed E-state index contributed by atoms with van der Waals surface area (Å²) in [5, 5.41) is 16.7. The van der Waals surface area contributed by atoms with Crippen molar-refractivity contribution in [3.8, 4) is 5.75 Å². The fourth-order valence-electron chi connectivity index (χ4n) is 1.55. The van der Waals surface area contributed by atoms with Gasteiger partial charge in [-0.15, -0.1) is 11.3 Å². The number of rotatable bonds is 4. The first-order valence-corrected chi connectivity index (χ1v) is 7.50. The van der Waals surface area contributed by atoms with Crippen LogP contribution in [0, 0.1) is 6.92 Å². The summed E-state index contributed by atoms with van der Waals surface area (Å²) in [6, 6.07) is 2.90. The van der Waals surface area contributed by atoms with Crippen LogP contribution in [0.5, 0.6) is 5.75 Å². The molecule has 110 valence electrons. The summed E-state index contributed by atoms with van der Waals surface area (Å²) in [4.78, 5) is 15.8. The molecule has 2 N–H and O–H groups in total. The Balaban J connectivity index is 1.97. The van der Waals surface area contributed by atoms with Crippen LogP contribution in [0.15, 0.2) is 22.6 Å². The molecule has 0 saturated carbocycles. The molecule has 0 saturated heterocycles. The van der Waals surface area contributed by atoms with Crippen molar-refractivity contribution < 1.29 is 9.90 Å². The molecule has 1 aromatic heterocycles. The summed E-state index contributed by atoms with van der Waals surface area (Å²) in [7, 11) is 0. The minimum atomic E-state index is -0.302. The highest BCUT2D eigenvalue weighted by Gasteiger charge is 2.07. The molecule has 0 aliphatic heterocycles. The van der Waals surface area contributed by atoms with Crippen molar-refractivity contribution in [2.24, 2.45) is 5.10 Å². The van der Waals surface area contributed by atoms with Crippen molar-refractivity contribution in [2.75, 3.05) is 0 Å². The van der Waals surface area contributed by atoms with E-state index in [2.05, 4.69) is 15.5 Å². The number of thiazole rings is 1. The second kappa shape index (κ2) is 6.89. The van der Waals surface area contributed by atoms with Gasteiger partial charge in [0.2, 0.25) is 5.91 Å². The lowest BCUT2D eigenvalue weighted by Gasteiger charge is -2.02. The van der Waals surface area contributed by atoms with E-state index in [9.17, 15) is 9.90 Å². The highest BCUT2D eigenvalue weighted by Crippen LogP contribution is 2.29. The molecule has 21 heavy (non-hydrogen) atoms. The number of aromatic hydroxyl groups is 1. The fourth-order valence-corrected chi connectivity index (χ4v) is 2.67. The number of hydrogen-bond donors (Lipinski definition) is 2. The molecule has 0 spiro atoms. The Hall–Kier alpha value is -1.63. The lowest BCUT2D eigenvalue weighted by Crippen LogP contribution is -2.19. The number of benzene rings is 1. The standard InChI is InChI=1S/C13H11Cl2N3O2S/c1-7-17-10(6-21-7)4-12(19)18-16-5-8-2-9(14)3-11(15)13(8)20/h2-3,5-6,20H,4H2,1H3,(H,18,19)/b16-5+. The topological polar surface area (TPSA) is 74.6 Å². The number of hydrazone groups is 1. The number of hydrogen-bond acceptors (Lipinski definition) is 5. The summed E-state index contributed by atoms with van der Waals surface area (Å²) in [5.41, 5.74) is 3.36. The van der Waals surface area contributed by atoms with Crippen LogP contribution < -0.4 is 5.43 Å². The third-order valence-electron chi connectivity index (χ3n) is 2.46. The van der Waals surface area contributed by atoms with E-state index in [-0.39, 0.29) is 23.1 Å². The molecule has 0 unspecified atom stereocenters. The Morgan fingerprint density at radius 1 is 1.52 bits per heavy atom. The average Bonchev–Trinajstić information content (AvgIpc) is 2.80. The normalized spacial score (nSPS) is 11.0. The number of aromatic nitrogens is 1. The number of nitrogens with one attached hydrogen (secondary N) is 1. The molecule has 0 radical (unpaired) electrons. The van der Waals surface area contributed by atoms with Crippen molar-refractivity contribution in [3.05, 3.63) is 43.8 Å². The molecular weight excluding hydrogens is 333 g/mol. The lowest BCUT2D eigenvalue weighted by atomic mass is 10.2. The summed E-state index contributed by atoms with van der Waals surface area (Å²) in [6.45, 7) is 1.87. The molecule has 1 heterocycles. The van der Waals surface area contributed by atoms with E-state index in [1.165, 1.54) is 29.7 Å². The first kappa shape index (κ1) is 15.8. The van der Waals surface area contributed by atoms with Gasteiger partial charge in [-0.1, -0.05) is 23.2 Å². The Bertz CT molecular complexity index is 701. The zero-order valence-corrected chi connectivity index (χ0v) is 13.3. The van der Waals surface area contributed by atoms with E-state index in [0.29, 0.717) is 16.3 Å². The molecule has 0 bridgehead atoms. The number of aryl methyl sites for hydroxylation is 1. The highest BCUT2D eigenvalue weighted by molar-refractivity contribution is 7.09. The number of carbonyl (C=O) groups excluding carboxylic acids is 1. The lowest BCUT2D eigenvalue weighted by molar-refractivity contribution is -0.120. The van der Waals surface area contributed by atoms with Crippen LogP contribution in [-0.4, -0.2) is 22.2 Å². The molecule has 0 aliphatic rings. The molecule has 0 fully saturated rings. The fraction of sp³-hybridized carbons (Fsp3) is 0.154. The number of phenolic OH excluding ortho intramolecular Hbond substituents is 1. The van der Waals surface area contributed by atoms with Crippen LogP contribution in [0.2, 0.25) is 10.0 Å². The summed E-state index contributed by atoms with van der Waals surface area (Å²) >= 11 is 13.1. The van der Waals surface area contributed by atoms with E-state index in [1.807, 2.05) is 12.3 Å². The van der Waals surface area contributed by atoms with Crippen molar-refractivity contribution in [1.29, 1.82) is 0 Å². The van der Waals surface area contributed by atoms with Crippen molar-refractivity contribution >= 4 is 46.7 Å². The van der Waals surface area contributed by atoms with Crippen molar-refractivity contribution in [2.45, 2.75) is 13.3 Å². The molecule has 0 aliphatic carbocycles. The molecule has 2 rings (SSSR count). The average molecular weight is 344 g/mol. The largest absolute Gasteiger partial charge is 0.506 e. The Labute approximate surface area is 135 Å².